The number of nitrogens with zero attached hydrogens (tertiary/aromatic N) is 2. The van der Waals surface area contributed by atoms with Gasteiger partial charge in [-0.25, -0.2) is 0 Å². The number of ketones is 1. The summed E-state index contributed by atoms with van der Waals surface area (Å²) in [6.45, 7) is 13.1. The van der Waals surface area contributed by atoms with E-state index in [-0.39, 0.29) is 11.8 Å². The van der Waals surface area contributed by atoms with E-state index in [9.17, 15) is 4.79 Å². The van der Waals surface area contributed by atoms with E-state index in [4.69, 9.17) is 10.3 Å². The van der Waals surface area contributed by atoms with Crippen molar-refractivity contribution in [3.63, 3.8) is 0 Å². The van der Waals surface area contributed by atoms with Crippen LogP contribution in [0.25, 0.3) is 0 Å². The minimum absolute atomic E-state index is 0.0669. The molecule has 0 bridgehead atoms. The summed E-state index contributed by atoms with van der Waals surface area (Å²) >= 11 is 0. The Labute approximate surface area is 180 Å². The summed E-state index contributed by atoms with van der Waals surface area (Å²) in [5.74, 6) is 0.0669. The Kier molecular flexibility index (Phi) is 8.76. The van der Waals surface area contributed by atoms with E-state index in [0.717, 1.165) is 41.9 Å². The quantitative estimate of drug-likeness (QED) is 0.444. The maximum atomic E-state index is 11.6. The van der Waals surface area contributed by atoms with Gasteiger partial charge in [0.2, 0.25) is 0 Å². The zero-order valence-electron chi connectivity index (χ0n) is 18.5. The average molecular weight is 405 g/mol. The molecule has 0 heterocycles. The molecule has 2 rings (SSSR count). The molecule has 0 unspecified atom stereocenters. The molecule has 158 valence electrons. The second kappa shape index (κ2) is 11.3. The third-order valence-electron chi connectivity index (χ3n) is 5.30. The second-order valence-corrected chi connectivity index (χ2v) is 7.65. The molecule has 0 aromatic heterocycles. The molecule has 1 aromatic carbocycles. The van der Waals surface area contributed by atoms with Crippen molar-refractivity contribution in [1.82, 2.24) is 10.6 Å². The predicted molar refractivity (Wildman–Crippen MR) is 123 cm³/mol. The number of fused-ring (bicyclic) bond motifs is 1. The molecule has 2 N–H and O–H groups in total. The molecule has 1 atom stereocenters. The van der Waals surface area contributed by atoms with Gasteiger partial charge >= 0.3 is 0 Å². The Morgan fingerprint density at radius 2 is 2.13 bits per heavy atom. The Morgan fingerprint density at radius 3 is 2.80 bits per heavy atom. The number of nitriles is 1. The summed E-state index contributed by atoms with van der Waals surface area (Å²) in [4.78, 5) is 16.3. The maximum absolute atomic E-state index is 11.6. The third-order valence-corrected chi connectivity index (χ3v) is 5.30. The van der Waals surface area contributed by atoms with Crippen LogP contribution in [0, 0.1) is 11.3 Å². The number of aliphatic imine (C=N–C) groups is 1. The van der Waals surface area contributed by atoms with Crippen molar-refractivity contribution in [2.45, 2.75) is 53.0 Å². The van der Waals surface area contributed by atoms with E-state index in [2.05, 4.69) is 29.3 Å². The van der Waals surface area contributed by atoms with Crippen molar-refractivity contribution < 1.29 is 4.79 Å². The van der Waals surface area contributed by atoms with Crippen LogP contribution in [0.15, 0.2) is 58.9 Å². The first-order valence-electron chi connectivity index (χ1n) is 10.5. The molecule has 1 aliphatic rings. The number of hydrogen-bond acceptors (Lipinski definition) is 5. The number of aryl methyl sites for hydroxylation is 1. The highest BCUT2D eigenvalue weighted by Gasteiger charge is 2.22. The molecule has 5 nitrogen and oxygen atoms in total. The van der Waals surface area contributed by atoms with Crippen LogP contribution in [0.3, 0.4) is 0 Å². The van der Waals surface area contributed by atoms with Crippen LogP contribution in [-0.2, 0) is 11.2 Å². The molecule has 0 aliphatic heterocycles. The lowest BCUT2D eigenvalue weighted by Gasteiger charge is -2.16. The van der Waals surface area contributed by atoms with Crippen molar-refractivity contribution in [2.75, 3.05) is 13.1 Å². The van der Waals surface area contributed by atoms with Gasteiger partial charge in [0, 0.05) is 37.5 Å². The van der Waals surface area contributed by atoms with E-state index >= 15 is 0 Å². The normalized spacial score (nSPS) is 16.8. The van der Waals surface area contributed by atoms with Crippen molar-refractivity contribution in [1.29, 1.82) is 5.26 Å². The minimum atomic E-state index is 0.0669. The largest absolute Gasteiger partial charge is 0.390 e. The first kappa shape index (κ1) is 23.3. The SMILES string of the molecule is C=C(CN[C@H]1CCc2cc(C#N)ccc21)C(C/C=C(\C)C(C)=O)=N/C(C)=C/NCC. The highest BCUT2D eigenvalue weighted by Crippen LogP contribution is 2.31. The van der Waals surface area contributed by atoms with E-state index in [1.54, 1.807) is 6.92 Å². The van der Waals surface area contributed by atoms with Gasteiger partial charge in [-0.15, -0.1) is 0 Å². The van der Waals surface area contributed by atoms with Crippen molar-refractivity contribution in [2.24, 2.45) is 4.99 Å². The number of hydrogen-bond donors (Lipinski definition) is 2. The van der Waals surface area contributed by atoms with Crippen molar-refractivity contribution >= 4 is 11.5 Å². The number of nitrogens with one attached hydrogen (secondary N) is 2. The molecule has 0 saturated carbocycles. The fourth-order valence-corrected chi connectivity index (χ4v) is 3.40. The van der Waals surface area contributed by atoms with Crippen LogP contribution in [0.5, 0.6) is 0 Å². The smallest absolute Gasteiger partial charge is 0.155 e. The fourth-order valence-electron chi connectivity index (χ4n) is 3.40. The molecule has 1 aromatic rings. The Bertz CT molecular complexity index is 931. The lowest BCUT2D eigenvalue weighted by molar-refractivity contribution is -0.113. The monoisotopic (exact) mass is 404 g/mol. The molecule has 30 heavy (non-hydrogen) atoms. The summed E-state index contributed by atoms with van der Waals surface area (Å²) in [6, 6.07) is 8.38. The number of allylic oxidation sites excluding steroid dienone is 3. The van der Waals surface area contributed by atoms with Gasteiger partial charge < -0.3 is 10.6 Å². The van der Waals surface area contributed by atoms with Gasteiger partial charge in [-0.1, -0.05) is 18.7 Å². The zero-order chi connectivity index (χ0) is 22.1. The van der Waals surface area contributed by atoms with Crippen LogP contribution in [0.1, 0.15) is 63.3 Å². The first-order chi connectivity index (χ1) is 14.3. The summed E-state index contributed by atoms with van der Waals surface area (Å²) in [5, 5.41) is 15.9. The molecular weight excluding hydrogens is 372 g/mol. The minimum Gasteiger partial charge on any atom is -0.390 e. The average Bonchev–Trinajstić information content (AvgIpc) is 3.14. The summed E-state index contributed by atoms with van der Waals surface area (Å²) in [6.07, 6.45) is 6.35. The van der Waals surface area contributed by atoms with Crippen LogP contribution in [-0.4, -0.2) is 24.6 Å². The Morgan fingerprint density at radius 1 is 1.37 bits per heavy atom. The zero-order valence-corrected chi connectivity index (χ0v) is 18.5. The van der Waals surface area contributed by atoms with Crippen LogP contribution in [0.2, 0.25) is 0 Å². The fraction of sp³-hybridized carbons (Fsp3) is 0.400. The molecule has 5 heteroatoms. The maximum Gasteiger partial charge on any atom is 0.155 e. The number of carbonyl (C=O) groups is 1. The number of carbonyl (C=O) groups excluding carboxylic acids is 1. The molecule has 0 saturated heterocycles. The van der Waals surface area contributed by atoms with Crippen molar-refractivity contribution in [3.8, 4) is 6.07 Å². The van der Waals surface area contributed by atoms with Gasteiger partial charge in [0.15, 0.2) is 5.78 Å². The number of benzene rings is 1. The molecule has 0 spiro atoms. The van der Waals surface area contributed by atoms with Gasteiger partial charge in [0.25, 0.3) is 0 Å². The standard InChI is InChI=1S/C25H32N4O/c1-6-27-16-19(4)29-24(11-7-17(2)20(5)30)18(3)15-28-25-12-9-22-13-21(14-26)8-10-23(22)25/h7-8,10,13,16,25,27-28H,3,6,9,11-12,15H2,1-2,4-5H3/b17-7+,19-16+,29-24?/t25-/m0/s1. The van der Waals surface area contributed by atoms with Gasteiger partial charge in [0.05, 0.1) is 17.3 Å². The van der Waals surface area contributed by atoms with Crippen LogP contribution >= 0.6 is 0 Å². The van der Waals surface area contributed by atoms with E-state index in [1.165, 1.54) is 11.1 Å². The molecule has 1 aliphatic carbocycles. The second-order valence-electron chi connectivity index (χ2n) is 7.65. The van der Waals surface area contributed by atoms with E-state index < -0.39 is 0 Å². The summed E-state index contributed by atoms with van der Waals surface area (Å²) in [7, 11) is 0. The van der Waals surface area contributed by atoms with Gasteiger partial charge in [0.1, 0.15) is 0 Å². The number of rotatable bonds is 10. The first-order valence-corrected chi connectivity index (χ1v) is 10.5. The van der Waals surface area contributed by atoms with E-state index in [1.807, 2.05) is 45.2 Å². The molecule has 0 radical (unpaired) electrons. The molecule has 0 amide bonds. The molecular formula is C25H32N4O. The highest BCUT2D eigenvalue weighted by atomic mass is 16.1. The third kappa shape index (κ3) is 6.53. The summed E-state index contributed by atoms with van der Waals surface area (Å²) in [5.41, 5.74) is 6.60. The van der Waals surface area contributed by atoms with Gasteiger partial charge in [-0.2, -0.15) is 5.26 Å². The van der Waals surface area contributed by atoms with Crippen LogP contribution < -0.4 is 10.6 Å². The van der Waals surface area contributed by atoms with Crippen LogP contribution in [0.4, 0.5) is 0 Å². The lowest BCUT2D eigenvalue weighted by Crippen LogP contribution is -2.24. The number of Topliss-reactive ketones (excluding diaryl/α,β-unsaturated/α-hetero) is 1. The predicted octanol–water partition coefficient (Wildman–Crippen LogP) is 4.53. The van der Waals surface area contributed by atoms with E-state index in [0.29, 0.717) is 18.5 Å². The lowest BCUT2D eigenvalue weighted by atomic mass is 10.0. The van der Waals surface area contributed by atoms with Gasteiger partial charge in [-0.05, 0) is 74.9 Å². The Balaban J connectivity index is 2.11. The summed E-state index contributed by atoms with van der Waals surface area (Å²) < 4.78 is 0. The topological polar surface area (TPSA) is 77.3 Å². The van der Waals surface area contributed by atoms with Crippen molar-refractivity contribution in [3.05, 3.63) is 70.6 Å². The highest BCUT2D eigenvalue weighted by molar-refractivity contribution is 6.02. The van der Waals surface area contributed by atoms with Gasteiger partial charge in [-0.3, -0.25) is 9.79 Å². The Hall–Kier alpha value is -2.97. The molecule has 0 fully saturated rings.